The number of carbonyl (C=O) groups excluding carboxylic acids is 2. The van der Waals surface area contributed by atoms with Crippen molar-refractivity contribution in [2.45, 2.75) is 18.9 Å². The summed E-state index contributed by atoms with van der Waals surface area (Å²) in [5, 5.41) is 2.50. The summed E-state index contributed by atoms with van der Waals surface area (Å²) in [4.78, 5) is 25.9. The molecule has 1 atom stereocenters. The summed E-state index contributed by atoms with van der Waals surface area (Å²) >= 11 is 0. The third-order valence-corrected chi connectivity index (χ3v) is 4.49. The third kappa shape index (κ3) is 4.61. The van der Waals surface area contributed by atoms with Crippen LogP contribution in [0.5, 0.6) is 0 Å². The van der Waals surface area contributed by atoms with Gasteiger partial charge in [0.25, 0.3) is 5.91 Å². The van der Waals surface area contributed by atoms with Gasteiger partial charge in [0.2, 0.25) is 0 Å². The van der Waals surface area contributed by atoms with E-state index < -0.39 is 6.03 Å². The Hall–Kier alpha value is -2.86. The zero-order chi connectivity index (χ0) is 18.4. The maximum absolute atomic E-state index is 13.0. The maximum atomic E-state index is 13.0. The van der Waals surface area contributed by atoms with Crippen LogP contribution in [-0.2, 0) is 11.2 Å². The molecule has 1 unspecified atom stereocenters. The molecular weight excluding hydrogens is 330 g/mol. The van der Waals surface area contributed by atoms with Gasteiger partial charge in [0.05, 0.1) is 12.6 Å². The molecule has 2 aromatic rings. The number of nitrogens with two attached hydrogens (primary N) is 1. The summed E-state index contributed by atoms with van der Waals surface area (Å²) in [5.74, 6) is -0.0259. The molecule has 2 aromatic carbocycles. The summed E-state index contributed by atoms with van der Waals surface area (Å²) < 4.78 is 5.48. The fourth-order valence-corrected chi connectivity index (χ4v) is 3.12. The first kappa shape index (κ1) is 17.9. The van der Waals surface area contributed by atoms with Gasteiger partial charge < -0.3 is 20.7 Å². The van der Waals surface area contributed by atoms with Gasteiger partial charge >= 0.3 is 6.03 Å². The smallest absolute Gasteiger partial charge is 0.316 e. The van der Waals surface area contributed by atoms with Gasteiger partial charge in [-0.05, 0) is 42.7 Å². The first-order chi connectivity index (χ1) is 12.6. The molecule has 0 aliphatic carbocycles. The second-order valence-corrected chi connectivity index (χ2v) is 6.32. The average molecular weight is 353 g/mol. The van der Waals surface area contributed by atoms with Gasteiger partial charge in [0, 0.05) is 24.4 Å². The van der Waals surface area contributed by atoms with E-state index in [0.717, 1.165) is 12.8 Å². The van der Waals surface area contributed by atoms with Crippen LogP contribution in [0, 0.1) is 0 Å². The lowest BCUT2D eigenvalue weighted by atomic mass is 10.1. The molecule has 1 aliphatic rings. The molecule has 0 aromatic heterocycles. The molecule has 1 heterocycles. The van der Waals surface area contributed by atoms with Crippen molar-refractivity contribution in [2.24, 2.45) is 5.73 Å². The van der Waals surface area contributed by atoms with Gasteiger partial charge in [0.15, 0.2) is 0 Å². The zero-order valence-electron chi connectivity index (χ0n) is 14.6. The highest BCUT2D eigenvalue weighted by Gasteiger charge is 2.27. The van der Waals surface area contributed by atoms with Crippen molar-refractivity contribution in [3.63, 3.8) is 0 Å². The van der Waals surface area contributed by atoms with Crippen molar-refractivity contribution in [1.29, 1.82) is 0 Å². The fourth-order valence-electron chi connectivity index (χ4n) is 3.12. The van der Waals surface area contributed by atoms with Crippen molar-refractivity contribution in [3.05, 3.63) is 65.7 Å². The van der Waals surface area contributed by atoms with Crippen LogP contribution < -0.4 is 11.1 Å². The Balaban J connectivity index is 1.72. The molecule has 1 aliphatic heterocycles. The Morgan fingerprint density at radius 3 is 2.46 bits per heavy atom. The SMILES string of the molecule is NC(=O)Nc1ccc(C(=O)N(CCc2ccccc2)C2CCOC2)cc1. The van der Waals surface area contributed by atoms with Crippen LogP contribution in [0.1, 0.15) is 22.3 Å². The maximum Gasteiger partial charge on any atom is 0.316 e. The summed E-state index contributed by atoms with van der Waals surface area (Å²) in [6.07, 6.45) is 1.65. The lowest BCUT2D eigenvalue weighted by Gasteiger charge is -2.28. The number of nitrogens with zero attached hydrogens (tertiary/aromatic N) is 1. The minimum atomic E-state index is -0.628. The highest BCUT2D eigenvalue weighted by molar-refractivity contribution is 5.95. The Labute approximate surface area is 152 Å². The summed E-state index contributed by atoms with van der Waals surface area (Å²) in [7, 11) is 0. The Bertz CT molecular complexity index is 741. The summed E-state index contributed by atoms with van der Waals surface area (Å²) in [6, 6.07) is 16.4. The number of rotatable bonds is 6. The van der Waals surface area contributed by atoms with Crippen LogP contribution in [0.25, 0.3) is 0 Å². The molecule has 3 rings (SSSR count). The Morgan fingerprint density at radius 2 is 1.85 bits per heavy atom. The number of hydrogen-bond donors (Lipinski definition) is 2. The van der Waals surface area contributed by atoms with Crippen LogP contribution in [0.15, 0.2) is 54.6 Å². The number of primary amides is 1. The van der Waals surface area contributed by atoms with Crippen molar-refractivity contribution >= 4 is 17.6 Å². The van der Waals surface area contributed by atoms with Crippen molar-refractivity contribution in [2.75, 3.05) is 25.1 Å². The highest BCUT2D eigenvalue weighted by atomic mass is 16.5. The largest absolute Gasteiger partial charge is 0.379 e. The third-order valence-electron chi connectivity index (χ3n) is 4.49. The molecule has 0 saturated carbocycles. The number of hydrogen-bond acceptors (Lipinski definition) is 3. The molecule has 136 valence electrons. The molecular formula is C20H23N3O3. The number of amides is 3. The first-order valence-corrected chi connectivity index (χ1v) is 8.72. The molecule has 6 heteroatoms. The van der Waals surface area contributed by atoms with E-state index in [2.05, 4.69) is 17.4 Å². The number of urea groups is 1. The topological polar surface area (TPSA) is 84.7 Å². The number of anilines is 1. The lowest BCUT2D eigenvalue weighted by Crippen LogP contribution is -2.42. The standard InChI is InChI=1S/C20H23N3O3/c21-20(25)22-17-8-6-16(7-9-17)19(24)23(18-11-13-26-14-18)12-10-15-4-2-1-3-5-15/h1-9,18H,10-14H2,(H3,21,22,25). The number of ether oxygens (including phenoxy) is 1. The average Bonchev–Trinajstić information content (AvgIpc) is 3.17. The second kappa shape index (κ2) is 8.49. The van der Waals surface area contributed by atoms with E-state index in [1.807, 2.05) is 23.1 Å². The van der Waals surface area contributed by atoms with E-state index >= 15 is 0 Å². The minimum Gasteiger partial charge on any atom is -0.379 e. The molecule has 0 spiro atoms. The molecule has 1 saturated heterocycles. The Kier molecular flexibility index (Phi) is 5.86. The van der Waals surface area contributed by atoms with Crippen LogP contribution in [-0.4, -0.2) is 42.6 Å². The van der Waals surface area contributed by atoms with Crippen LogP contribution in [0.4, 0.5) is 10.5 Å². The lowest BCUT2D eigenvalue weighted by molar-refractivity contribution is 0.0656. The van der Waals surface area contributed by atoms with Gasteiger partial charge in [-0.3, -0.25) is 4.79 Å². The van der Waals surface area contributed by atoms with Gasteiger partial charge in [-0.15, -0.1) is 0 Å². The normalized spacial score (nSPS) is 16.2. The number of carbonyl (C=O) groups is 2. The zero-order valence-corrected chi connectivity index (χ0v) is 14.6. The molecule has 0 radical (unpaired) electrons. The summed E-state index contributed by atoms with van der Waals surface area (Å²) in [5.41, 5.74) is 7.46. The van der Waals surface area contributed by atoms with Crippen LogP contribution in [0.3, 0.4) is 0 Å². The summed E-state index contributed by atoms with van der Waals surface area (Å²) in [6.45, 7) is 1.89. The molecule has 26 heavy (non-hydrogen) atoms. The van der Waals surface area contributed by atoms with Crippen molar-refractivity contribution in [3.8, 4) is 0 Å². The van der Waals surface area contributed by atoms with E-state index in [1.165, 1.54) is 5.56 Å². The van der Waals surface area contributed by atoms with E-state index in [0.29, 0.717) is 31.0 Å². The molecule has 6 nitrogen and oxygen atoms in total. The van der Waals surface area contributed by atoms with E-state index in [4.69, 9.17) is 10.5 Å². The van der Waals surface area contributed by atoms with E-state index in [1.54, 1.807) is 24.3 Å². The predicted octanol–water partition coefficient (Wildman–Crippen LogP) is 2.65. The quantitative estimate of drug-likeness (QED) is 0.837. The van der Waals surface area contributed by atoms with E-state index in [-0.39, 0.29) is 11.9 Å². The fraction of sp³-hybridized carbons (Fsp3) is 0.300. The van der Waals surface area contributed by atoms with Gasteiger partial charge in [-0.1, -0.05) is 30.3 Å². The van der Waals surface area contributed by atoms with Crippen molar-refractivity contribution < 1.29 is 14.3 Å². The van der Waals surface area contributed by atoms with Gasteiger partial charge in [-0.25, -0.2) is 4.79 Å². The molecule has 0 bridgehead atoms. The monoisotopic (exact) mass is 353 g/mol. The van der Waals surface area contributed by atoms with Crippen LogP contribution in [0.2, 0.25) is 0 Å². The molecule has 1 fully saturated rings. The highest BCUT2D eigenvalue weighted by Crippen LogP contribution is 2.18. The number of nitrogens with one attached hydrogen (secondary N) is 1. The predicted molar refractivity (Wildman–Crippen MR) is 100 cm³/mol. The van der Waals surface area contributed by atoms with Crippen molar-refractivity contribution in [1.82, 2.24) is 4.90 Å². The molecule has 3 N–H and O–H groups in total. The Morgan fingerprint density at radius 1 is 1.12 bits per heavy atom. The van der Waals surface area contributed by atoms with Crippen LogP contribution >= 0.6 is 0 Å². The second-order valence-electron chi connectivity index (χ2n) is 6.32. The van der Waals surface area contributed by atoms with Gasteiger partial charge in [-0.2, -0.15) is 0 Å². The first-order valence-electron chi connectivity index (χ1n) is 8.72. The van der Waals surface area contributed by atoms with E-state index in [9.17, 15) is 9.59 Å². The minimum absolute atomic E-state index is 0.0259. The molecule has 3 amide bonds. The van der Waals surface area contributed by atoms with Gasteiger partial charge in [0.1, 0.15) is 0 Å². The number of benzene rings is 2.